The lowest BCUT2D eigenvalue weighted by atomic mass is 10.1. The maximum absolute atomic E-state index is 12.5. The molecular weight excluding hydrogens is 314 g/mol. The number of hydrogen-bond donors (Lipinski definition) is 1. The second-order valence-electron chi connectivity index (χ2n) is 5.67. The molecule has 0 saturated carbocycles. The van der Waals surface area contributed by atoms with E-state index in [1.165, 1.54) is 0 Å². The van der Waals surface area contributed by atoms with Gasteiger partial charge in [0.1, 0.15) is 5.82 Å². The van der Waals surface area contributed by atoms with E-state index >= 15 is 0 Å². The summed E-state index contributed by atoms with van der Waals surface area (Å²) in [6.07, 6.45) is 3.41. The van der Waals surface area contributed by atoms with E-state index < -0.39 is 0 Å². The molecule has 3 heterocycles. The van der Waals surface area contributed by atoms with Crippen molar-refractivity contribution in [1.29, 1.82) is 0 Å². The molecule has 124 valence electrons. The number of rotatable bonds is 4. The van der Waals surface area contributed by atoms with Crippen molar-refractivity contribution in [2.75, 3.05) is 5.32 Å². The number of nitrogens with zero attached hydrogens (tertiary/aromatic N) is 4. The molecule has 0 aliphatic carbocycles. The number of nitrogens with one attached hydrogen (secondary N) is 1. The second-order valence-corrected chi connectivity index (χ2v) is 5.67. The highest BCUT2D eigenvalue weighted by molar-refractivity contribution is 6.03. The number of fused-ring (bicyclic) bond motifs is 1. The van der Waals surface area contributed by atoms with Crippen LogP contribution in [0.15, 0.2) is 67.0 Å². The maximum Gasteiger partial charge on any atom is 0.258 e. The highest BCUT2D eigenvalue weighted by Gasteiger charge is 2.11. The first-order chi connectivity index (χ1) is 12.2. The van der Waals surface area contributed by atoms with Crippen LogP contribution in [-0.2, 0) is 6.54 Å². The van der Waals surface area contributed by atoms with Gasteiger partial charge >= 0.3 is 0 Å². The third-order valence-corrected chi connectivity index (χ3v) is 4.05. The van der Waals surface area contributed by atoms with Crippen LogP contribution >= 0.6 is 0 Å². The summed E-state index contributed by atoms with van der Waals surface area (Å²) in [5, 5.41) is 11.6. The van der Waals surface area contributed by atoms with Gasteiger partial charge in [-0.2, -0.15) is 10.2 Å². The van der Waals surface area contributed by atoms with Gasteiger partial charge in [0.25, 0.3) is 5.91 Å². The van der Waals surface area contributed by atoms with Gasteiger partial charge in [0.05, 0.1) is 23.0 Å². The van der Waals surface area contributed by atoms with Crippen LogP contribution in [0.2, 0.25) is 0 Å². The number of carbonyl (C=O) groups is 1. The van der Waals surface area contributed by atoms with Crippen LogP contribution in [0.1, 0.15) is 17.3 Å². The Kier molecular flexibility index (Phi) is 3.78. The zero-order valence-electron chi connectivity index (χ0n) is 13.8. The zero-order valence-corrected chi connectivity index (χ0v) is 13.8. The summed E-state index contributed by atoms with van der Waals surface area (Å²) < 4.78 is 3.46. The number of pyridine rings is 1. The molecule has 0 fully saturated rings. The molecule has 0 aliphatic heterocycles. The van der Waals surface area contributed by atoms with Crippen LogP contribution in [0.4, 0.5) is 5.82 Å². The SMILES string of the molecule is CCn1nccc1NC(=O)c1ccc2cc(-c3ccccc3)nn2c1. The van der Waals surface area contributed by atoms with E-state index in [0.717, 1.165) is 16.8 Å². The quantitative estimate of drug-likeness (QED) is 0.623. The molecule has 4 rings (SSSR count). The minimum atomic E-state index is -0.186. The minimum Gasteiger partial charge on any atom is -0.307 e. The molecule has 0 aliphatic rings. The Morgan fingerprint density at radius 1 is 1.12 bits per heavy atom. The van der Waals surface area contributed by atoms with Gasteiger partial charge in [0, 0.05) is 24.4 Å². The highest BCUT2D eigenvalue weighted by Crippen LogP contribution is 2.20. The summed E-state index contributed by atoms with van der Waals surface area (Å²) in [5.41, 5.74) is 3.40. The fourth-order valence-electron chi connectivity index (χ4n) is 2.75. The molecule has 1 N–H and O–H groups in total. The lowest BCUT2D eigenvalue weighted by Crippen LogP contribution is -2.16. The maximum atomic E-state index is 12.5. The lowest BCUT2D eigenvalue weighted by Gasteiger charge is -2.07. The molecule has 0 atom stereocenters. The number of hydrogen-bond acceptors (Lipinski definition) is 3. The van der Waals surface area contributed by atoms with Crippen molar-refractivity contribution in [1.82, 2.24) is 19.4 Å². The van der Waals surface area contributed by atoms with E-state index in [2.05, 4.69) is 15.5 Å². The predicted octanol–water partition coefficient (Wildman–Crippen LogP) is 3.47. The number of aromatic nitrogens is 4. The molecule has 4 aromatic rings. The van der Waals surface area contributed by atoms with Gasteiger partial charge in [-0.15, -0.1) is 0 Å². The molecule has 0 unspecified atom stereocenters. The van der Waals surface area contributed by atoms with Gasteiger partial charge in [-0.3, -0.25) is 4.79 Å². The van der Waals surface area contributed by atoms with Crippen LogP contribution in [0.25, 0.3) is 16.8 Å². The van der Waals surface area contributed by atoms with Gasteiger partial charge in [-0.1, -0.05) is 30.3 Å². The molecule has 6 nitrogen and oxygen atoms in total. The molecule has 0 spiro atoms. The van der Waals surface area contributed by atoms with Crippen molar-refractivity contribution in [3.05, 3.63) is 72.6 Å². The van der Waals surface area contributed by atoms with Gasteiger partial charge in [-0.25, -0.2) is 9.20 Å². The van der Waals surface area contributed by atoms with Gasteiger partial charge in [0.15, 0.2) is 0 Å². The van der Waals surface area contributed by atoms with Crippen molar-refractivity contribution in [2.24, 2.45) is 0 Å². The molecule has 25 heavy (non-hydrogen) atoms. The first-order valence-corrected chi connectivity index (χ1v) is 8.12. The van der Waals surface area contributed by atoms with Gasteiger partial charge in [-0.05, 0) is 25.1 Å². The van der Waals surface area contributed by atoms with Gasteiger partial charge < -0.3 is 5.32 Å². The van der Waals surface area contributed by atoms with E-state index in [0.29, 0.717) is 17.9 Å². The fourth-order valence-corrected chi connectivity index (χ4v) is 2.75. The van der Waals surface area contributed by atoms with Crippen LogP contribution in [0, 0.1) is 0 Å². The Morgan fingerprint density at radius 2 is 1.96 bits per heavy atom. The van der Waals surface area contributed by atoms with Crippen molar-refractivity contribution in [3.8, 4) is 11.3 Å². The van der Waals surface area contributed by atoms with Crippen molar-refractivity contribution in [3.63, 3.8) is 0 Å². The summed E-state index contributed by atoms with van der Waals surface area (Å²) in [6.45, 7) is 2.67. The van der Waals surface area contributed by atoms with Crippen LogP contribution < -0.4 is 5.32 Å². The predicted molar refractivity (Wildman–Crippen MR) is 96.5 cm³/mol. The van der Waals surface area contributed by atoms with Crippen LogP contribution in [-0.4, -0.2) is 25.3 Å². The Balaban J connectivity index is 1.63. The van der Waals surface area contributed by atoms with Crippen LogP contribution in [0.3, 0.4) is 0 Å². The topological polar surface area (TPSA) is 64.2 Å². The summed E-state index contributed by atoms with van der Waals surface area (Å²) in [7, 11) is 0. The third kappa shape index (κ3) is 2.89. The molecular formula is C19H17N5O. The average molecular weight is 331 g/mol. The molecule has 3 aromatic heterocycles. The number of amides is 1. The normalized spacial score (nSPS) is 10.9. The average Bonchev–Trinajstić information content (AvgIpc) is 3.27. The molecule has 1 amide bonds. The molecule has 0 bridgehead atoms. The van der Waals surface area contributed by atoms with Crippen LogP contribution in [0.5, 0.6) is 0 Å². The number of carbonyl (C=O) groups excluding carboxylic acids is 1. The lowest BCUT2D eigenvalue weighted by molar-refractivity contribution is 0.102. The molecule has 1 aromatic carbocycles. The number of aryl methyl sites for hydroxylation is 1. The highest BCUT2D eigenvalue weighted by atomic mass is 16.1. The smallest absolute Gasteiger partial charge is 0.258 e. The molecule has 0 saturated heterocycles. The first-order valence-electron chi connectivity index (χ1n) is 8.12. The summed E-state index contributed by atoms with van der Waals surface area (Å²) in [6, 6.07) is 17.4. The van der Waals surface area contributed by atoms with E-state index in [4.69, 9.17) is 0 Å². The van der Waals surface area contributed by atoms with E-state index in [1.807, 2.05) is 49.4 Å². The van der Waals surface area contributed by atoms with Crippen molar-refractivity contribution >= 4 is 17.2 Å². The third-order valence-electron chi connectivity index (χ3n) is 4.05. The fraction of sp³-hybridized carbons (Fsp3) is 0.105. The minimum absolute atomic E-state index is 0.186. The largest absolute Gasteiger partial charge is 0.307 e. The summed E-state index contributed by atoms with van der Waals surface area (Å²) in [4.78, 5) is 12.5. The Bertz CT molecular complexity index is 1030. The number of anilines is 1. The summed E-state index contributed by atoms with van der Waals surface area (Å²) >= 11 is 0. The standard InChI is InChI=1S/C19H17N5O/c1-2-23-18(10-11-20-23)21-19(25)15-8-9-16-12-17(22-24(16)13-15)14-6-4-3-5-7-14/h3-13H,2H2,1H3,(H,21,25). The summed E-state index contributed by atoms with van der Waals surface area (Å²) in [5.74, 6) is 0.492. The molecule has 0 radical (unpaired) electrons. The van der Waals surface area contributed by atoms with E-state index in [1.54, 1.807) is 33.7 Å². The molecule has 6 heteroatoms. The Labute approximate surface area is 144 Å². The van der Waals surface area contributed by atoms with Crippen molar-refractivity contribution in [2.45, 2.75) is 13.5 Å². The first kappa shape index (κ1) is 15.1. The monoisotopic (exact) mass is 331 g/mol. The van der Waals surface area contributed by atoms with E-state index in [9.17, 15) is 4.79 Å². The van der Waals surface area contributed by atoms with Gasteiger partial charge in [0.2, 0.25) is 0 Å². The second kappa shape index (κ2) is 6.24. The van der Waals surface area contributed by atoms with Crippen molar-refractivity contribution < 1.29 is 4.79 Å². The number of benzene rings is 1. The Morgan fingerprint density at radius 3 is 2.76 bits per heavy atom. The zero-order chi connectivity index (χ0) is 17.2. The van der Waals surface area contributed by atoms with E-state index in [-0.39, 0.29) is 5.91 Å². The Hall–Kier alpha value is -3.41.